The van der Waals surface area contributed by atoms with Gasteiger partial charge in [0.15, 0.2) is 0 Å². The van der Waals surface area contributed by atoms with E-state index in [1.807, 2.05) is 36.4 Å². The van der Waals surface area contributed by atoms with Gasteiger partial charge in [-0.05, 0) is 22.8 Å². The zero-order chi connectivity index (χ0) is 13.5. The van der Waals surface area contributed by atoms with Crippen molar-refractivity contribution >= 4 is 16.7 Å². The van der Waals surface area contributed by atoms with E-state index in [4.69, 9.17) is 5.26 Å². The minimum Gasteiger partial charge on any atom is -0.356 e. The van der Waals surface area contributed by atoms with E-state index in [0.29, 0.717) is 25.8 Å². The molecule has 0 unspecified atom stereocenters. The van der Waals surface area contributed by atoms with E-state index in [0.717, 1.165) is 10.9 Å². The molecule has 0 saturated carbocycles. The van der Waals surface area contributed by atoms with Crippen LogP contribution < -0.4 is 5.32 Å². The molecule has 0 radical (unpaired) electrons. The van der Waals surface area contributed by atoms with Crippen molar-refractivity contribution in [2.24, 2.45) is 0 Å². The Hall–Kier alpha value is -2.34. The summed E-state index contributed by atoms with van der Waals surface area (Å²) in [5, 5.41) is 13.6. The average Bonchev–Trinajstić information content (AvgIpc) is 2.43. The number of amides is 1. The van der Waals surface area contributed by atoms with Crippen LogP contribution in [0.2, 0.25) is 0 Å². The van der Waals surface area contributed by atoms with Crippen molar-refractivity contribution in [3.8, 4) is 6.07 Å². The third kappa shape index (κ3) is 3.82. The van der Waals surface area contributed by atoms with Crippen molar-refractivity contribution in [1.29, 1.82) is 5.26 Å². The van der Waals surface area contributed by atoms with Crippen LogP contribution in [0.3, 0.4) is 0 Å². The first-order chi connectivity index (χ1) is 9.29. The predicted octanol–water partition coefficient (Wildman–Crippen LogP) is 2.80. The van der Waals surface area contributed by atoms with Crippen LogP contribution in [-0.4, -0.2) is 12.5 Å². The van der Waals surface area contributed by atoms with Crippen LogP contribution in [0.15, 0.2) is 42.5 Å². The number of nitrogens with zero attached hydrogens (tertiary/aromatic N) is 1. The third-order valence-electron chi connectivity index (χ3n) is 2.97. The second-order valence-corrected chi connectivity index (χ2v) is 4.47. The number of benzene rings is 2. The number of nitriles is 1. The Bertz CT molecular complexity index is 613. The number of carbonyl (C=O) groups is 1. The highest BCUT2D eigenvalue weighted by Crippen LogP contribution is 2.15. The molecule has 0 atom stereocenters. The maximum atomic E-state index is 11.7. The lowest BCUT2D eigenvalue weighted by molar-refractivity contribution is -0.120. The predicted molar refractivity (Wildman–Crippen MR) is 75.5 cm³/mol. The molecule has 0 aliphatic rings. The zero-order valence-electron chi connectivity index (χ0n) is 10.7. The Kier molecular flexibility index (Phi) is 4.52. The number of unbranched alkanes of at least 4 members (excludes halogenated alkanes) is 1. The Morgan fingerprint density at radius 1 is 1.16 bits per heavy atom. The number of nitrogens with one attached hydrogen (secondary N) is 1. The van der Waals surface area contributed by atoms with Crippen LogP contribution in [0.4, 0.5) is 0 Å². The summed E-state index contributed by atoms with van der Waals surface area (Å²) in [4.78, 5) is 11.7. The largest absolute Gasteiger partial charge is 0.356 e. The van der Waals surface area contributed by atoms with Crippen LogP contribution in [-0.2, 0) is 11.2 Å². The minimum atomic E-state index is 0.00761. The number of hydrogen-bond acceptors (Lipinski definition) is 2. The fraction of sp³-hybridized carbons (Fsp3) is 0.250. The fourth-order valence-electron chi connectivity index (χ4n) is 1.99. The van der Waals surface area contributed by atoms with Crippen LogP contribution in [0.1, 0.15) is 18.4 Å². The molecule has 2 aromatic carbocycles. The summed E-state index contributed by atoms with van der Waals surface area (Å²) in [5.41, 5.74) is 1.01. The van der Waals surface area contributed by atoms with Gasteiger partial charge in [-0.3, -0.25) is 4.79 Å². The highest BCUT2D eigenvalue weighted by Gasteiger charge is 2.03. The molecular formula is C16H16N2O. The van der Waals surface area contributed by atoms with Crippen molar-refractivity contribution < 1.29 is 4.79 Å². The van der Waals surface area contributed by atoms with Crippen molar-refractivity contribution in [1.82, 2.24) is 5.32 Å². The molecule has 96 valence electrons. The Labute approximate surface area is 112 Å². The van der Waals surface area contributed by atoms with Gasteiger partial charge >= 0.3 is 0 Å². The molecule has 3 nitrogen and oxygen atoms in total. The van der Waals surface area contributed by atoms with Gasteiger partial charge in [-0.2, -0.15) is 5.26 Å². The lowest BCUT2D eigenvalue weighted by atomic mass is 10.0. The average molecular weight is 252 g/mol. The molecular weight excluding hydrogens is 236 g/mol. The van der Waals surface area contributed by atoms with Crippen molar-refractivity contribution in [3.05, 3.63) is 48.0 Å². The first kappa shape index (κ1) is 13.1. The molecule has 0 aromatic heterocycles. The van der Waals surface area contributed by atoms with E-state index in [1.165, 1.54) is 5.39 Å². The number of fused-ring (bicyclic) bond motifs is 1. The van der Waals surface area contributed by atoms with Crippen LogP contribution in [0, 0.1) is 11.3 Å². The molecule has 2 rings (SSSR count). The van der Waals surface area contributed by atoms with Gasteiger partial charge in [0.1, 0.15) is 0 Å². The van der Waals surface area contributed by atoms with Gasteiger partial charge in [0.25, 0.3) is 0 Å². The number of hydrogen-bond donors (Lipinski definition) is 1. The number of rotatable bonds is 5. The van der Waals surface area contributed by atoms with E-state index < -0.39 is 0 Å². The van der Waals surface area contributed by atoms with E-state index in [9.17, 15) is 4.79 Å². The normalized spacial score (nSPS) is 10.1. The molecule has 1 amide bonds. The minimum absolute atomic E-state index is 0.00761. The molecule has 0 spiro atoms. The molecule has 2 aromatic rings. The second kappa shape index (κ2) is 6.55. The fourth-order valence-corrected chi connectivity index (χ4v) is 1.99. The second-order valence-electron chi connectivity index (χ2n) is 4.47. The Morgan fingerprint density at radius 2 is 1.95 bits per heavy atom. The summed E-state index contributed by atoms with van der Waals surface area (Å²) in [6.45, 7) is 0.569. The van der Waals surface area contributed by atoms with Gasteiger partial charge in [-0.25, -0.2) is 0 Å². The van der Waals surface area contributed by atoms with Gasteiger partial charge in [-0.15, -0.1) is 0 Å². The molecule has 0 aliphatic carbocycles. The monoisotopic (exact) mass is 252 g/mol. The molecule has 0 heterocycles. The first-order valence-electron chi connectivity index (χ1n) is 6.41. The standard InChI is InChI=1S/C16H16N2O/c17-9-3-4-10-18-16(19)12-13-7-8-14-5-1-2-6-15(14)11-13/h1-2,5-8,11H,3-4,10,12H2,(H,18,19). The zero-order valence-corrected chi connectivity index (χ0v) is 10.7. The molecule has 0 aliphatic heterocycles. The van der Waals surface area contributed by atoms with Crippen LogP contribution in [0.25, 0.3) is 10.8 Å². The first-order valence-corrected chi connectivity index (χ1v) is 6.41. The van der Waals surface area contributed by atoms with E-state index in [2.05, 4.69) is 17.5 Å². The molecule has 19 heavy (non-hydrogen) atoms. The van der Waals surface area contributed by atoms with E-state index >= 15 is 0 Å². The summed E-state index contributed by atoms with van der Waals surface area (Å²) in [6.07, 6.45) is 1.58. The van der Waals surface area contributed by atoms with Crippen molar-refractivity contribution in [3.63, 3.8) is 0 Å². The van der Waals surface area contributed by atoms with E-state index in [1.54, 1.807) is 0 Å². The summed E-state index contributed by atoms with van der Waals surface area (Å²) < 4.78 is 0. The van der Waals surface area contributed by atoms with Crippen LogP contribution >= 0.6 is 0 Å². The molecule has 0 bridgehead atoms. The molecule has 3 heteroatoms. The summed E-state index contributed by atoms with van der Waals surface area (Å²) in [7, 11) is 0. The maximum Gasteiger partial charge on any atom is 0.224 e. The molecule has 1 N–H and O–H groups in total. The van der Waals surface area contributed by atoms with Gasteiger partial charge < -0.3 is 5.32 Å². The van der Waals surface area contributed by atoms with Crippen molar-refractivity contribution in [2.75, 3.05) is 6.54 Å². The lowest BCUT2D eigenvalue weighted by Crippen LogP contribution is -2.25. The maximum absolute atomic E-state index is 11.7. The Morgan fingerprint density at radius 3 is 2.74 bits per heavy atom. The topological polar surface area (TPSA) is 52.9 Å². The summed E-state index contributed by atoms with van der Waals surface area (Å²) in [5.74, 6) is 0.00761. The molecule has 0 fully saturated rings. The Balaban J connectivity index is 1.94. The van der Waals surface area contributed by atoms with Gasteiger partial charge in [0.05, 0.1) is 12.5 Å². The smallest absolute Gasteiger partial charge is 0.224 e. The van der Waals surface area contributed by atoms with Crippen molar-refractivity contribution in [2.45, 2.75) is 19.3 Å². The van der Waals surface area contributed by atoms with E-state index in [-0.39, 0.29) is 5.91 Å². The van der Waals surface area contributed by atoms with Gasteiger partial charge in [-0.1, -0.05) is 42.5 Å². The highest BCUT2D eigenvalue weighted by molar-refractivity contribution is 5.85. The SMILES string of the molecule is N#CCCCNC(=O)Cc1ccc2ccccc2c1. The molecule has 0 saturated heterocycles. The van der Waals surface area contributed by atoms with Gasteiger partial charge in [0.2, 0.25) is 5.91 Å². The quantitative estimate of drug-likeness (QED) is 0.832. The summed E-state index contributed by atoms with van der Waals surface area (Å²) >= 11 is 0. The lowest BCUT2D eigenvalue weighted by Gasteiger charge is -2.05. The highest BCUT2D eigenvalue weighted by atomic mass is 16.1. The van der Waals surface area contributed by atoms with Gasteiger partial charge in [0, 0.05) is 13.0 Å². The number of carbonyl (C=O) groups excluding carboxylic acids is 1. The third-order valence-corrected chi connectivity index (χ3v) is 2.97. The van der Waals surface area contributed by atoms with Crippen LogP contribution in [0.5, 0.6) is 0 Å². The summed E-state index contributed by atoms with van der Waals surface area (Å²) in [6, 6.07) is 16.2.